The molecule has 2 aromatic rings. The molecule has 2 rings (SSSR count). The summed E-state index contributed by atoms with van der Waals surface area (Å²) in [5.74, 6) is 0.816. The molecule has 0 aliphatic rings. The largest absolute Gasteiger partial charge is 0.367 e. The van der Waals surface area contributed by atoms with Crippen molar-refractivity contribution in [2.24, 2.45) is 0 Å². The third-order valence-corrected chi connectivity index (χ3v) is 2.54. The molecule has 0 saturated carbocycles. The van der Waals surface area contributed by atoms with Gasteiger partial charge in [0.15, 0.2) is 5.82 Å². The molecule has 1 N–H and O–H groups in total. The highest BCUT2D eigenvalue weighted by atomic mass is 15.2. The predicted molar refractivity (Wildman–Crippen MR) is 63.4 cm³/mol. The molecule has 5 nitrogen and oxygen atoms in total. The summed E-state index contributed by atoms with van der Waals surface area (Å²) in [5, 5.41) is 11.2. The summed E-state index contributed by atoms with van der Waals surface area (Å²) >= 11 is 0. The number of hydrogen-bond acceptors (Lipinski definition) is 4. The number of hydrogen-bond donors (Lipinski definition) is 1. The second-order valence-electron chi connectivity index (χ2n) is 3.83. The van der Waals surface area contributed by atoms with Gasteiger partial charge >= 0.3 is 0 Å². The maximum Gasteiger partial charge on any atom is 0.203 e. The third kappa shape index (κ3) is 2.48. The first-order valence-electron chi connectivity index (χ1n) is 5.80. The molecule has 2 aromatic heterocycles. The summed E-state index contributed by atoms with van der Waals surface area (Å²) in [5.41, 5.74) is 0.790. The van der Waals surface area contributed by atoms with Crippen molar-refractivity contribution in [2.75, 3.05) is 11.9 Å². The molecular formula is C11H17N5. The highest BCUT2D eigenvalue weighted by Gasteiger charge is 2.02. The molecule has 0 saturated heterocycles. The molecule has 0 fully saturated rings. The van der Waals surface area contributed by atoms with Gasteiger partial charge in [0.05, 0.1) is 0 Å². The van der Waals surface area contributed by atoms with Crippen molar-refractivity contribution in [3.63, 3.8) is 0 Å². The van der Waals surface area contributed by atoms with Crippen LogP contribution in [0.15, 0.2) is 18.7 Å². The Bertz CT molecular complexity index is 437. The molecule has 0 amide bonds. The van der Waals surface area contributed by atoms with Crippen LogP contribution in [0.3, 0.4) is 0 Å². The molecule has 86 valence electrons. The van der Waals surface area contributed by atoms with E-state index >= 15 is 0 Å². The SMILES string of the molecule is CCCCCCNc1nccn2cnnc12. The van der Waals surface area contributed by atoms with E-state index in [0.717, 1.165) is 18.0 Å². The number of nitrogens with zero attached hydrogens (tertiary/aromatic N) is 4. The van der Waals surface area contributed by atoms with Crippen LogP contribution in [0.25, 0.3) is 5.65 Å². The lowest BCUT2D eigenvalue weighted by atomic mass is 10.2. The summed E-state index contributed by atoms with van der Waals surface area (Å²) in [6, 6.07) is 0. The van der Waals surface area contributed by atoms with E-state index in [9.17, 15) is 0 Å². The maximum absolute atomic E-state index is 4.26. The van der Waals surface area contributed by atoms with E-state index < -0.39 is 0 Å². The van der Waals surface area contributed by atoms with Crippen molar-refractivity contribution in [1.82, 2.24) is 19.6 Å². The van der Waals surface area contributed by atoms with Crippen LogP contribution in [0.2, 0.25) is 0 Å². The van der Waals surface area contributed by atoms with Gasteiger partial charge in [-0.3, -0.25) is 4.40 Å². The molecule has 0 atom stereocenters. The minimum absolute atomic E-state index is 0.790. The van der Waals surface area contributed by atoms with Gasteiger partial charge < -0.3 is 5.32 Å². The topological polar surface area (TPSA) is 55.1 Å². The molecule has 0 aliphatic carbocycles. The van der Waals surface area contributed by atoms with Crippen LogP contribution < -0.4 is 5.32 Å². The van der Waals surface area contributed by atoms with E-state index in [4.69, 9.17) is 0 Å². The molecule has 5 heteroatoms. The number of rotatable bonds is 6. The van der Waals surface area contributed by atoms with Crippen molar-refractivity contribution in [3.05, 3.63) is 18.7 Å². The highest BCUT2D eigenvalue weighted by Crippen LogP contribution is 2.09. The van der Waals surface area contributed by atoms with Crippen LogP contribution >= 0.6 is 0 Å². The van der Waals surface area contributed by atoms with Gasteiger partial charge in [-0.15, -0.1) is 10.2 Å². The van der Waals surface area contributed by atoms with Gasteiger partial charge in [0.25, 0.3) is 0 Å². The first-order chi connectivity index (χ1) is 7.92. The van der Waals surface area contributed by atoms with Crippen molar-refractivity contribution in [3.8, 4) is 0 Å². The smallest absolute Gasteiger partial charge is 0.203 e. The van der Waals surface area contributed by atoms with Crippen LogP contribution in [-0.2, 0) is 0 Å². The normalized spacial score (nSPS) is 10.8. The average molecular weight is 219 g/mol. The highest BCUT2D eigenvalue weighted by molar-refractivity contribution is 5.61. The molecule has 0 radical (unpaired) electrons. The van der Waals surface area contributed by atoms with Crippen LogP contribution in [0.5, 0.6) is 0 Å². The lowest BCUT2D eigenvalue weighted by molar-refractivity contribution is 0.684. The lowest BCUT2D eigenvalue weighted by Crippen LogP contribution is -2.05. The minimum Gasteiger partial charge on any atom is -0.367 e. The summed E-state index contributed by atoms with van der Waals surface area (Å²) in [4.78, 5) is 4.26. The first kappa shape index (κ1) is 10.9. The molecular weight excluding hydrogens is 202 g/mol. The standard InChI is InChI=1S/C11H17N5/c1-2-3-4-5-6-12-10-11-15-14-9-16(11)8-7-13-10/h7-9H,2-6H2,1H3,(H,12,13). The number of nitrogens with one attached hydrogen (secondary N) is 1. The zero-order chi connectivity index (χ0) is 11.2. The Morgan fingerprint density at radius 1 is 1.31 bits per heavy atom. The molecule has 0 aliphatic heterocycles. The van der Waals surface area contributed by atoms with E-state index in [2.05, 4.69) is 27.4 Å². The fourth-order valence-electron chi connectivity index (χ4n) is 1.64. The van der Waals surface area contributed by atoms with E-state index in [1.165, 1.54) is 25.7 Å². The Morgan fingerprint density at radius 3 is 3.12 bits per heavy atom. The second kappa shape index (κ2) is 5.44. The van der Waals surface area contributed by atoms with Crippen LogP contribution in [0, 0.1) is 0 Å². The van der Waals surface area contributed by atoms with Gasteiger partial charge in [0.1, 0.15) is 6.33 Å². The van der Waals surface area contributed by atoms with E-state index in [1.807, 2.05) is 10.6 Å². The number of aromatic nitrogens is 4. The van der Waals surface area contributed by atoms with Gasteiger partial charge in [-0.1, -0.05) is 26.2 Å². The summed E-state index contributed by atoms with van der Waals surface area (Å²) < 4.78 is 1.86. The van der Waals surface area contributed by atoms with Crippen molar-refractivity contribution in [1.29, 1.82) is 0 Å². The quantitative estimate of drug-likeness (QED) is 0.756. The van der Waals surface area contributed by atoms with Gasteiger partial charge in [-0.25, -0.2) is 4.98 Å². The molecule has 2 heterocycles. The summed E-state index contributed by atoms with van der Waals surface area (Å²) in [7, 11) is 0. The Hall–Kier alpha value is -1.65. The molecule has 0 aromatic carbocycles. The third-order valence-electron chi connectivity index (χ3n) is 2.54. The minimum atomic E-state index is 0.790. The Labute approximate surface area is 94.9 Å². The van der Waals surface area contributed by atoms with Crippen LogP contribution in [-0.4, -0.2) is 26.1 Å². The van der Waals surface area contributed by atoms with Crippen molar-refractivity contribution >= 4 is 11.5 Å². The Morgan fingerprint density at radius 2 is 2.25 bits per heavy atom. The molecule has 16 heavy (non-hydrogen) atoms. The summed E-state index contributed by atoms with van der Waals surface area (Å²) in [6.45, 7) is 3.16. The number of anilines is 1. The Kier molecular flexibility index (Phi) is 3.69. The van der Waals surface area contributed by atoms with Crippen LogP contribution in [0.1, 0.15) is 32.6 Å². The zero-order valence-corrected chi connectivity index (χ0v) is 9.56. The predicted octanol–water partition coefficient (Wildman–Crippen LogP) is 2.12. The maximum atomic E-state index is 4.26. The monoisotopic (exact) mass is 219 g/mol. The Balaban J connectivity index is 1.91. The number of fused-ring (bicyclic) bond motifs is 1. The lowest BCUT2D eigenvalue weighted by Gasteiger charge is -2.05. The molecule has 0 unspecified atom stereocenters. The van der Waals surface area contributed by atoms with Gasteiger partial charge in [-0.05, 0) is 6.42 Å². The van der Waals surface area contributed by atoms with E-state index in [0.29, 0.717) is 0 Å². The fraction of sp³-hybridized carbons (Fsp3) is 0.545. The van der Waals surface area contributed by atoms with Crippen molar-refractivity contribution in [2.45, 2.75) is 32.6 Å². The van der Waals surface area contributed by atoms with Crippen LogP contribution in [0.4, 0.5) is 5.82 Å². The first-order valence-corrected chi connectivity index (χ1v) is 5.80. The zero-order valence-electron chi connectivity index (χ0n) is 9.56. The van der Waals surface area contributed by atoms with Gasteiger partial charge in [-0.2, -0.15) is 0 Å². The molecule has 0 spiro atoms. The fourth-order valence-corrected chi connectivity index (χ4v) is 1.64. The van der Waals surface area contributed by atoms with Crippen molar-refractivity contribution < 1.29 is 0 Å². The van der Waals surface area contributed by atoms with Gasteiger partial charge in [0.2, 0.25) is 5.65 Å². The van der Waals surface area contributed by atoms with Gasteiger partial charge in [0, 0.05) is 18.9 Å². The van der Waals surface area contributed by atoms with E-state index in [-0.39, 0.29) is 0 Å². The summed E-state index contributed by atoms with van der Waals surface area (Å²) in [6.07, 6.45) is 10.3. The van der Waals surface area contributed by atoms with E-state index in [1.54, 1.807) is 12.5 Å². The average Bonchev–Trinajstić information content (AvgIpc) is 2.77. The second-order valence-corrected chi connectivity index (χ2v) is 3.83. The number of unbranched alkanes of at least 4 members (excludes halogenated alkanes) is 3. The molecule has 0 bridgehead atoms.